The molecule has 6 nitrogen and oxygen atoms in total. The van der Waals surface area contributed by atoms with Crippen molar-refractivity contribution in [3.63, 3.8) is 0 Å². The van der Waals surface area contributed by atoms with Crippen molar-refractivity contribution in [2.24, 2.45) is 0 Å². The van der Waals surface area contributed by atoms with Gasteiger partial charge in [0.1, 0.15) is 17.0 Å². The number of amides is 1. The molecule has 4 rings (SSSR count). The van der Waals surface area contributed by atoms with E-state index in [4.69, 9.17) is 37.1 Å². The van der Waals surface area contributed by atoms with Crippen molar-refractivity contribution in [3.05, 3.63) is 76.3 Å². The molecule has 0 saturated heterocycles. The van der Waals surface area contributed by atoms with Crippen LogP contribution in [0.5, 0.6) is 11.5 Å². The number of oxazole rings is 1. The number of rotatable bonds is 6. The Hall–Kier alpha value is -3.48. The van der Waals surface area contributed by atoms with Crippen LogP contribution in [0.4, 0.5) is 5.69 Å². The smallest absolute Gasteiger partial charge is 0.248 e. The molecular weight excluding hydrogens is 451 g/mol. The number of nitrogens with one attached hydrogen (secondary N) is 1. The van der Waals surface area contributed by atoms with Gasteiger partial charge in [-0.15, -0.1) is 0 Å². The summed E-state index contributed by atoms with van der Waals surface area (Å²) in [5, 5.41) is 3.60. The number of methoxy groups -OCH3 is 2. The molecule has 32 heavy (non-hydrogen) atoms. The van der Waals surface area contributed by atoms with Crippen molar-refractivity contribution in [1.29, 1.82) is 0 Å². The first-order chi connectivity index (χ1) is 15.5. The fourth-order valence-corrected chi connectivity index (χ4v) is 3.78. The molecule has 1 aromatic heterocycles. The number of anilines is 1. The van der Waals surface area contributed by atoms with E-state index in [0.29, 0.717) is 49.8 Å². The maximum atomic E-state index is 12.6. The van der Waals surface area contributed by atoms with Crippen LogP contribution in [-0.2, 0) is 4.79 Å². The summed E-state index contributed by atoms with van der Waals surface area (Å²) in [7, 11) is 3.02. The van der Waals surface area contributed by atoms with Gasteiger partial charge in [-0.25, -0.2) is 4.98 Å². The van der Waals surface area contributed by atoms with Crippen LogP contribution in [0.1, 0.15) is 5.56 Å². The summed E-state index contributed by atoms with van der Waals surface area (Å²) in [6, 6.07) is 16.0. The van der Waals surface area contributed by atoms with Crippen LogP contribution in [0.2, 0.25) is 10.0 Å². The Balaban J connectivity index is 1.60. The Kier molecular flexibility index (Phi) is 6.35. The van der Waals surface area contributed by atoms with E-state index >= 15 is 0 Å². The summed E-state index contributed by atoms with van der Waals surface area (Å²) < 4.78 is 16.5. The van der Waals surface area contributed by atoms with E-state index in [9.17, 15) is 4.79 Å². The van der Waals surface area contributed by atoms with Gasteiger partial charge in [0.2, 0.25) is 11.8 Å². The molecule has 0 radical (unpaired) electrons. The third-order valence-corrected chi connectivity index (χ3v) is 5.15. The number of carbonyl (C=O) groups is 1. The zero-order valence-corrected chi connectivity index (χ0v) is 18.7. The Morgan fingerprint density at radius 2 is 1.88 bits per heavy atom. The number of hydrogen-bond donors (Lipinski definition) is 1. The Morgan fingerprint density at radius 1 is 1.06 bits per heavy atom. The van der Waals surface area contributed by atoms with Crippen molar-refractivity contribution in [2.75, 3.05) is 19.5 Å². The van der Waals surface area contributed by atoms with Gasteiger partial charge in [-0.1, -0.05) is 35.3 Å². The molecule has 0 fully saturated rings. The van der Waals surface area contributed by atoms with Crippen molar-refractivity contribution in [1.82, 2.24) is 4.98 Å². The lowest BCUT2D eigenvalue weighted by Crippen LogP contribution is -2.09. The SMILES string of the molecule is COc1ccc(-c2nc3ccccc3o2)cc1NC(=O)/C=C/c1cc(Cl)cc(Cl)c1OC. The predicted octanol–water partition coefficient (Wildman–Crippen LogP) is 6.47. The van der Waals surface area contributed by atoms with Crippen LogP contribution in [0.3, 0.4) is 0 Å². The van der Waals surface area contributed by atoms with Gasteiger partial charge in [0.25, 0.3) is 0 Å². The maximum absolute atomic E-state index is 12.6. The fraction of sp³-hybridized carbons (Fsp3) is 0.0833. The third-order valence-electron chi connectivity index (χ3n) is 4.65. The summed E-state index contributed by atoms with van der Waals surface area (Å²) in [6.45, 7) is 0. The zero-order chi connectivity index (χ0) is 22.7. The van der Waals surface area contributed by atoms with Crippen LogP contribution < -0.4 is 14.8 Å². The second kappa shape index (κ2) is 9.34. The quantitative estimate of drug-likeness (QED) is 0.328. The summed E-state index contributed by atoms with van der Waals surface area (Å²) >= 11 is 12.2. The van der Waals surface area contributed by atoms with E-state index in [0.717, 1.165) is 5.52 Å². The summed E-state index contributed by atoms with van der Waals surface area (Å²) in [4.78, 5) is 17.1. The molecule has 1 N–H and O–H groups in total. The average molecular weight is 469 g/mol. The molecular formula is C24H18Cl2N2O4. The summed E-state index contributed by atoms with van der Waals surface area (Å²) in [6.07, 6.45) is 2.93. The molecule has 0 atom stereocenters. The predicted molar refractivity (Wildman–Crippen MR) is 127 cm³/mol. The highest BCUT2D eigenvalue weighted by molar-refractivity contribution is 6.36. The van der Waals surface area contributed by atoms with Gasteiger partial charge in [0, 0.05) is 22.2 Å². The van der Waals surface area contributed by atoms with Crippen molar-refractivity contribution < 1.29 is 18.7 Å². The number of benzene rings is 3. The minimum absolute atomic E-state index is 0.354. The normalized spacial score (nSPS) is 11.1. The highest BCUT2D eigenvalue weighted by atomic mass is 35.5. The van der Waals surface area contributed by atoms with Crippen LogP contribution in [0.15, 0.2) is 65.1 Å². The topological polar surface area (TPSA) is 73.6 Å². The van der Waals surface area contributed by atoms with Crippen LogP contribution in [0.25, 0.3) is 28.6 Å². The lowest BCUT2D eigenvalue weighted by molar-refractivity contribution is -0.111. The Morgan fingerprint density at radius 3 is 2.62 bits per heavy atom. The second-order valence-electron chi connectivity index (χ2n) is 6.73. The number of hydrogen-bond acceptors (Lipinski definition) is 5. The zero-order valence-electron chi connectivity index (χ0n) is 17.2. The highest BCUT2D eigenvalue weighted by Crippen LogP contribution is 2.34. The standard InChI is InChI=1S/C24H18Cl2N2O4/c1-30-20-9-7-15(24-28-18-5-3-4-6-21(18)32-24)12-19(20)27-22(29)10-8-14-11-16(25)13-17(26)23(14)31-2/h3-13H,1-2H3,(H,27,29)/b10-8+. The Bertz CT molecular complexity index is 1300. The summed E-state index contributed by atoms with van der Waals surface area (Å²) in [5.74, 6) is 0.986. The van der Waals surface area contributed by atoms with E-state index in [-0.39, 0.29) is 5.91 Å². The number of halogens is 2. The van der Waals surface area contributed by atoms with E-state index in [1.54, 1.807) is 30.3 Å². The number of carbonyl (C=O) groups excluding carboxylic acids is 1. The van der Waals surface area contributed by atoms with Gasteiger partial charge >= 0.3 is 0 Å². The van der Waals surface area contributed by atoms with Gasteiger partial charge in [0.05, 0.1) is 24.9 Å². The molecule has 4 aromatic rings. The van der Waals surface area contributed by atoms with Gasteiger partial charge in [-0.3, -0.25) is 4.79 Å². The van der Waals surface area contributed by atoms with Gasteiger partial charge in [-0.05, 0) is 48.5 Å². The largest absolute Gasteiger partial charge is 0.495 e. The van der Waals surface area contributed by atoms with Crippen molar-refractivity contribution in [3.8, 4) is 23.0 Å². The molecule has 8 heteroatoms. The minimum Gasteiger partial charge on any atom is -0.495 e. The van der Waals surface area contributed by atoms with Gasteiger partial charge in [0.15, 0.2) is 5.58 Å². The molecule has 162 valence electrons. The molecule has 0 saturated carbocycles. The molecule has 0 bridgehead atoms. The Labute approximate surface area is 194 Å². The number of nitrogens with zero attached hydrogens (tertiary/aromatic N) is 1. The minimum atomic E-state index is -0.379. The first-order valence-corrected chi connectivity index (χ1v) is 10.3. The fourth-order valence-electron chi connectivity index (χ4n) is 3.19. The van der Waals surface area contributed by atoms with Gasteiger partial charge < -0.3 is 19.2 Å². The van der Waals surface area contributed by atoms with Crippen LogP contribution >= 0.6 is 23.2 Å². The number of ether oxygens (including phenoxy) is 2. The van der Waals surface area contributed by atoms with E-state index in [1.165, 1.54) is 20.3 Å². The van der Waals surface area contributed by atoms with Crippen molar-refractivity contribution >= 4 is 52.0 Å². The average Bonchev–Trinajstić information content (AvgIpc) is 3.22. The van der Waals surface area contributed by atoms with E-state index in [2.05, 4.69) is 10.3 Å². The van der Waals surface area contributed by atoms with E-state index in [1.807, 2.05) is 30.3 Å². The lowest BCUT2D eigenvalue weighted by atomic mass is 10.1. The third kappa shape index (κ3) is 4.56. The molecule has 1 heterocycles. The summed E-state index contributed by atoms with van der Waals surface area (Å²) in [5.41, 5.74) is 3.18. The molecule has 3 aromatic carbocycles. The van der Waals surface area contributed by atoms with Crippen LogP contribution in [-0.4, -0.2) is 25.1 Å². The highest BCUT2D eigenvalue weighted by Gasteiger charge is 2.13. The molecule has 1 amide bonds. The monoisotopic (exact) mass is 468 g/mol. The molecule has 0 aliphatic carbocycles. The van der Waals surface area contributed by atoms with E-state index < -0.39 is 0 Å². The first-order valence-electron chi connectivity index (χ1n) is 9.54. The molecule has 0 spiro atoms. The molecule has 0 unspecified atom stereocenters. The number of aromatic nitrogens is 1. The lowest BCUT2D eigenvalue weighted by Gasteiger charge is -2.10. The molecule has 0 aliphatic rings. The number of fused-ring (bicyclic) bond motifs is 1. The first kappa shape index (κ1) is 21.7. The number of para-hydroxylation sites is 2. The van der Waals surface area contributed by atoms with Gasteiger partial charge in [-0.2, -0.15) is 0 Å². The second-order valence-corrected chi connectivity index (χ2v) is 7.58. The van der Waals surface area contributed by atoms with Crippen molar-refractivity contribution in [2.45, 2.75) is 0 Å². The van der Waals surface area contributed by atoms with Crippen LogP contribution in [0, 0.1) is 0 Å². The molecule has 0 aliphatic heterocycles. The maximum Gasteiger partial charge on any atom is 0.248 e.